The highest BCUT2D eigenvalue weighted by atomic mass is 32.1. The van der Waals surface area contributed by atoms with Crippen molar-refractivity contribution in [3.8, 4) is 11.5 Å². The number of benzene rings is 3. The first-order valence-electron chi connectivity index (χ1n) is 11.8. The minimum atomic E-state index is -1.12. The second-order valence-corrected chi connectivity index (χ2v) is 9.10. The van der Waals surface area contributed by atoms with Crippen LogP contribution in [0.2, 0.25) is 0 Å². The van der Waals surface area contributed by atoms with Gasteiger partial charge in [-0.25, -0.2) is 4.79 Å². The van der Waals surface area contributed by atoms with Crippen molar-refractivity contribution in [3.63, 3.8) is 0 Å². The Bertz CT molecular complexity index is 1470. The Hall–Kier alpha value is -4.50. The normalized spacial score (nSPS) is 15.6. The highest BCUT2D eigenvalue weighted by molar-refractivity contribution is 7.81. The monoisotopic (exact) mass is 530 g/mol. The van der Waals surface area contributed by atoms with E-state index in [1.807, 2.05) is 32.0 Å². The number of carboxylic acids is 1. The average molecular weight is 531 g/mol. The molecule has 0 unspecified atom stereocenters. The Kier molecular flexibility index (Phi) is 7.59. The van der Waals surface area contributed by atoms with Crippen LogP contribution in [0.25, 0.3) is 6.08 Å². The molecule has 1 N–H and O–H groups in total. The van der Waals surface area contributed by atoms with Gasteiger partial charge in [0, 0.05) is 0 Å². The van der Waals surface area contributed by atoms with E-state index < -0.39 is 23.9 Å². The number of anilines is 2. The molecule has 0 spiro atoms. The van der Waals surface area contributed by atoms with Crippen molar-refractivity contribution >= 4 is 52.6 Å². The van der Waals surface area contributed by atoms with Gasteiger partial charge < -0.3 is 14.6 Å². The van der Waals surface area contributed by atoms with Crippen molar-refractivity contribution in [3.05, 3.63) is 89.0 Å². The van der Waals surface area contributed by atoms with Crippen molar-refractivity contribution < 1.29 is 29.0 Å². The maximum absolute atomic E-state index is 13.8. The Morgan fingerprint density at radius 2 is 1.55 bits per heavy atom. The standard InChI is InChI=1S/C29H26N2O6S/c1-17-10-12-22(14-18(17)2)31-27(33)23(26(32)30(29(31)38)21-8-6-5-7-9-21)15-20-11-13-24(25(16-20)36-4)37-19(3)28(34)35/h5-16,19H,1-4H3,(H,34,35)/b23-15-/t19-/m0/s1. The molecule has 1 aliphatic rings. The number of thiocarbonyl (C=S) groups is 1. The molecule has 3 aromatic rings. The summed E-state index contributed by atoms with van der Waals surface area (Å²) >= 11 is 5.68. The second kappa shape index (κ2) is 10.9. The van der Waals surface area contributed by atoms with Crippen LogP contribution in [-0.4, -0.2) is 41.2 Å². The van der Waals surface area contributed by atoms with E-state index in [1.54, 1.807) is 42.5 Å². The first-order valence-corrected chi connectivity index (χ1v) is 12.2. The van der Waals surface area contributed by atoms with Crippen molar-refractivity contribution in [1.82, 2.24) is 0 Å². The molecule has 1 fully saturated rings. The molecule has 9 heteroatoms. The minimum Gasteiger partial charge on any atom is -0.493 e. The van der Waals surface area contributed by atoms with Crippen molar-refractivity contribution in [2.45, 2.75) is 26.9 Å². The molecule has 1 saturated heterocycles. The van der Waals surface area contributed by atoms with E-state index in [0.717, 1.165) is 11.1 Å². The van der Waals surface area contributed by atoms with Crippen LogP contribution in [0.1, 0.15) is 23.6 Å². The SMILES string of the molecule is COc1cc(/C=C2/C(=O)N(c3ccccc3)C(=S)N(c3ccc(C)c(C)c3)C2=O)ccc1O[C@@H](C)C(=O)O. The van der Waals surface area contributed by atoms with Gasteiger partial charge in [-0.1, -0.05) is 30.3 Å². The van der Waals surface area contributed by atoms with E-state index >= 15 is 0 Å². The lowest BCUT2D eigenvalue weighted by Crippen LogP contribution is -2.57. The number of para-hydroxylation sites is 1. The summed E-state index contributed by atoms with van der Waals surface area (Å²) in [6.07, 6.45) is 0.366. The number of amides is 2. The van der Waals surface area contributed by atoms with Gasteiger partial charge in [0.15, 0.2) is 22.7 Å². The summed E-state index contributed by atoms with van der Waals surface area (Å²) in [5, 5.41) is 9.21. The van der Waals surface area contributed by atoms with Crippen LogP contribution < -0.4 is 19.3 Å². The highest BCUT2D eigenvalue weighted by Gasteiger charge is 2.41. The molecular weight excluding hydrogens is 504 g/mol. The summed E-state index contributed by atoms with van der Waals surface area (Å²) < 4.78 is 10.8. The number of hydrogen-bond donors (Lipinski definition) is 1. The number of nitrogens with zero attached hydrogens (tertiary/aromatic N) is 2. The first-order chi connectivity index (χ1) is 18.1. The fourth-order valence-corrected chi connectivity index (χ4v) is 4.28. The number of aryl methyl sites for hydroxylation is 2. The van der Waals surface area contributed by atoms with Crippen LogP contribution >= 0.6 is 12.2 Å². The third-order valence-corrected chi connectivity index (χ3v) is 6.53. The van der Waals surface area contributed by atoms with Crippen LogP contribution in [-0.2, 0) is 14.4 Å². The van der Waals surface area contributed by atoms with E-state index in [4.69, 9.17) is 26.8 Å². The summed E-state index contributed by atoms with van der Waals surface area (Å²) in [7, 11) is 1.42. The molecule has 194 valence electrons. The number of hydrogen-bond acceptors (Lipinski definition) is 6. The maximum atomic E-state index is 13.8. The minimum absolute atomic E-state index is 0.0515. The Labute approximate surface area is 225 Å². The molecule has 38 heavy (non-hydrogen) atoms. The van der Waals surface area contributed by atoms with E-state index in [2.05, 4.69) is 0 Å². The van der Waals surface area contributed by atoms with Crippen LogP contribution in [0.5, 0.6) is 11.5 Å². The van der Waals surface area contributed by atoms with Gasteiger partial charge in [-0.05, 0) is 92.2 Å². The summed E-state index contributed by atoms with van der Waals surface area (Å²) in [5.41, 5.74) is 3.49. The van der Waals surface area contributed by atoms with Crippen LogP contribution in [0.15, 0.2) is 72.3 Å². The van der Waals surface area contributed by atoms with Gasteiger partial charge in [-0.2, -0.15) is 0 Å². The topological polar surface area (TPSA) is 96.4 Å². The second-order valence-electron chi connectivity index (χ2n) is 8.73. The Morgan fingerprint density at radius 1 is 0.895 bits per heavy atom. The van der Waals surface area contributed by atoms with E-state index in [9.17, 15) is 14.4 Å². The molecule has 0 aliphatic carbocycles. The van der Waals surface area contributed by atoms with Crippen LogP contribution in [0, 0.1) is 13.8 Å². The number of carbonyl (C=O) groups excluding carboxylic acids is 2. The molecule has 2 amide bonds. The fourth-order valence-electron chi connectivity index (χ4n) is 3.91. The number of aliphatic carboxylic acids is 1. The summed E-state index contributed by atoms with van der Waals surface area (Å²) in [6.45, 7) is 5.31. The van der Waals surface area contributed by atoms with Crippen molar-refractivity contribution in [2.75, 3.05) is 16.9 Å². The zero-order valence-electron chi connectivity index (χ0n) is 21.3. The molecule has 0 aromatic heterocycles. The number of carboxylic acid groups (broad SMARTS) is 1. The summed E-state index contributed by atoms with van der Waals surface area (Å²) in [4.78, 5) is 41.3. The molecule has 3 aromatic carbocycles. The lowest BCUT2D eigenvalue weighted by atomic mass is 10.0. The molecule has 1 atom stereocenters. The molecule has 0 saturated carbocycles. The number of carbonyl (C=O) groups is 3. The van der Waals surface area contributed by atoms with E-state index in [0.29, 0.717) is 16.9 Å². The van der Waals surface area contributed by atoms with Crippen LogP contribution in [0.4, 0.5) is 11.4 Å². The first kappa shape index (κ1) is 26.6. The van der Waals surface area contributed by atoms with E-state index in [1.165, 1.54) is 36.0 Å². The number of methoxy groups -OCH3 is 1. The van der Waals surface area contributed by atoms with Crippen molar-refractivity contribution in [2.24, 2.45) is 0 Å². The Balaban J connectivity index is 1.81. The lowest BCUT2D eigenvalue weighted by molar-refractivity contribution is -0.144. The fraction of sp³-hybridized carbons (Fsp3) is 0.172. The Morgan fingerprint density at radius 3 is 2.16 bits per heavy atom. The smallest absolute Gasteiger partial charge is 0.344 e. The average Bonchev–Trinajstić information content (AvgIpc) is 2.90. The molecule has 0 radical (unpaired) electrons. The molecule has 1 aliphatic heterocycles. The number of ether oxygens (including phenoxy) is 2. The predicted molar refractivity (Wildman–Crippen MR) is 149 cm³/mol. The molecule has 1 heterocycles. The molecule has 4 rings (SSSR count). The maximum Gasteiger partial charge on any atom is 0.344 e. The van der Waals surface area contributed by atoms with Gasteiger partial charge in [0.1, 0.15) is 5.57 Å². The summed E-state index contributed by atoms with van der Waals surface area (Å²) in [5.74, 6) is -1.78. The van der Waals surface area contributed by atoms with Gasteiger partial charge in [-0.15, -0.1) is 0 Å². The zero-order valence-corrected chi connectivity index (χ0v) is 22.1. The molecular formula is C29H26N2O6S. The van der Waals surface area contributed by atoms with Crippen LogP contribution in [0.3, 0.4) is 0 Å². The lowest BCUT2D eigenvalue weighted by Gasteiger charge is -2.36. The quantitative estimate of drug-likeness (QED) is 0.263. The molecule has 8 nitrogen and oxygen atoms in total. The number of rotatable bonds is 7. The van der Waals surface area contributed by atoms with Gasteiger partial charge in [-0.3, -0.25) is 19.4 Å². The van der Waals surface area contributed by atoms with Gasteiger partial charge in [0.05, 0.1) is 18.5 Å². The third kappa shape index (κ3) is 5.14. The predicted octanol–water partition coefficient (Wildman–Crippen LogP) is 4.91. The zero-order chi connectivity index (χ0) is 27.6. The van der Waals surface area contributed by atoms with Gasteiger partial charge >= 0.3 is 5.97 Å². The molecule has 0 bridgehead atoms. The third-order valence-electron chi connectivity index (χ3n) is 6.16. The highest BCUT2D eigenvalue weighted by Crippen LogP contribution is 2.33. The summed E-state index contributed by atoms with van der Waals surface area (Å²) in [6, 6.07) is 19.1. The van der Waals surface area contributed by atoms with Gasteiger partial charge in [0.2, 0.25) is 0 Å². The van der Waals surface area contributed by atoms with Gasteiger partial charge in [0.25, 0.3) is 11.8 Å². The van der Waals surface area contributed by atoms with E-state index in [-0.39, 0.29) is 22.2 Å². The van der Waals surface area contributed by atoms with Crippen molar-refractivity contribution in [1.29, 1.82) is 0 Å². The largest absolute Gasteiger partial charge is 0.493 e.